The molecule has 0 aliphatic rings. The third-order valence-corrected chi connectivity index (χ3v) is 2.50. The summed E-state index contributed by atoms with van der Waals surface area (Å²) in [6.07, 6.45) is 0.727. The molecule has 0 aliphatic heterocycles. The Morgan fingerprint density at radius 2 is 2.00 bits per heavy atom. The number of carbonyl (C=O) groups is 1. The van der Waals surface area contributed by atoms with E-state index in [4.69, 9.17) is 4.55 Å². The van der Waals surface area contributed by atoms with Crippen LogP contribution in [-0.2, 0) is 15.1 Å². The number of carbonyl (C=O) groups excluding carboxylic acids is 1. The molecule has 6 nitrogen and oxygen atoms in total. The summed E-state index contributed by atoms with van der Waals surface area (Å²) in [5, 5.41) is 2.69. The Hall–Kier alpha value is -0.660. The summed E-state index contributed by atoms with van der Waals surface area (Å²) in [5.74, 6) is -0.758. The van der Waals surface area contributed by atoms with E-state index in [9.17, 15) is 13.2 Å². The van der Waals surface area contributed by atoms with E-state index in [1.807, 2.05) is 13.8 Å². The standard InChI is InChI=1S/C7H16N2O4S/c1-4-5(2)6(8-3)7(10)9-14(11,12)13/h5-6,8H,4H2,1-3H3,(H,9,10)(H,11,12,13)/t5-,6-/m0/s1. The fourth-order valence-corrected chi connectivity index (χ4v) is 1.48. The lowest BCUT2D eigenvalue weighted by atomic mass is 9.99. The highest BCUT2D eigenvalue weighted by Gasteiger charge is 2.24. The Morgan fingerprint density at radius 3 is 2.29 bits per heavy atom. The molecule has 0 rings (SSSR count). The van der Waals surface area contributed by atoms with Crippen LogP contribution in [0.4, 0.5) is 0 Å². The van der Waals surface area contributed by atoms with Gasteiger partial charge in [0.15, 0.2) is 0 Å². The fourth-order valence-electron chi connectivity index (χ4n) is 1.10. The van der Waals surface area contributed by atoms with Crippen LogP contribution in [-0.4, -0.2) is 32.0 Å². The van der Waals surface area contributed by atoms with Crippen LogP contribution in [0.15, 0.2) is 0 Å². The van der Waals surface area contributed by atoms with E-state index in [2.05, 4.69) is 5.32 Å². The van der Waals surface area contributed by atoms with Gasteiger partial charge in [0, 0.05) is 0 Å². The van der Waals surface area contributed by atoms with E-state index in [0.717, 1.165) is 6.42 Å². The third-order valence-electron chi connectivity index (χ3n) is 2.04. The molecule has 0 heterocycles. The van der Waals surface area contributed by atoms with Gasteiger partial charge in [-0.1, -0.05) is 20.3 Å². The first-order valence-corrected chi connectivity index (χ1v) is 5.72. The van der Waals surface area contributed by atoms with Gasteiger partial charge in [-0.05, 0) is 13.0 Å². The summed E-state index contributed by atoms with van der Waals surface area (Å²) >= 11 is 0. The molecule has 0 bridgehead atoms. The molecule has 14 heavy (non-hydrogen) atoms. The molecule has 0 saturated carbocycles. The first-order chi connectivity index (χ1) is 6.31. The second kappa shape index (κ2) is 5.28. The van der Waals surface area contributed by atoms with Crippen LogP contribution in [0.25, 0.3) is 0 Å². The lowest BCUT2D eigenvalue weighted by Gasteiger charge is -2.20. The highest BCUT2D eigenvalue weighted by Crippen LogP contribution is 2.07. The van der Waals surface area contributed by atoms with Crippen LogP contribution < -0.4 is 10.0 Å². The minimum atomic E-state index is -4.46. The Balaban J connectivity index is 4.48. The summed E-state index contributed by atoms with van der Waals surface area (Å²) in [4.78, 5) is 11.3. The SMILES string of the molecule is CC[C@H](C)[C@H](NC)C(=O)NS(=O)(=O)O. The number of hydrogen-bond donors (Lipinski definition) is 3. The predicted octanol–water partition coefficient (Wildman–Crippen LogP) is -0.460. The molecule has 0 aromatic rings. The lowest BCUT2D eigenvalue weighted by molar-refractivity contribution is -0.122. The molecule has 1 amide bonds. The smallest absolute Gasteiger partial charge is 0.309 e. The van der Waals surface area contributed by atoms with E-state index < -0.39 is 22.3 Å². The van der Waals surface area contributed by atoms with Gasteiger partial charge in [-0.3, -0.25) is 9.35 Å². The number of rotatable bonds is 5. The number of hydrogen-bond acceptors (Lipinski definition) is 4. The average molecular weight is 224 g/mol. The zero-order chi connectivity index (χ0) is 11.4. The van der Waals surface area contributed by atoms with Gasteiger partial charge in [-0.15, -0.1) is 0 Å². The minimum absolute atomic E-state index is 0.0123. The predicted molar refractivity (Wildman–Crippen MR) is 52.0 cm³/mol. The molecule has 0 saturated heterocycles. The Labute approximate surface area is 84.0 Å². The maximum absolute atomic E-state index is 11.3. The molecule has 2 atom stereocenters. The molecule has 3 N–H and O–H groups in total. The average Bonchev–Trinajstić information content (AvgIpc) is 2.01. The van der Waals surface area contributed by atoms with Crippen molar-refractivity contribution in [1.29, 1.82) is 0 Å². The van der Waals surface area contributed by atoms with Crippen molar-refractivity contribution in [1.82, 2.24) is 10.0 Å². The van der Waals surface area contributed by atoms with Crippen molar-refractivity contribution >= 4 is 16.2 Å². The molecule has 0 aromatic carbocycles. The van der Waals surface area contributed by atoms with Gasteiger partial charge in [0.1, 0.15) is 0 Å². The van der Waals surface area contributed by atoms with Crippen molar-refractivity contribution in [2.24, 2.45) is 5.92 Å². The van der Waals surface area contributed by atoms with Gasteiger partial charge in [0.25, 0.3) is 5.91 Å². The van der Waals surface area contributed by atoms with Crippen molar-refractivity contribution < 1.29 is 17.8 Å². The molecule has 0 aliphatic carbocycles. The number of likely N-dealkylation sites (N-methyl/N-ethyl adjacent to an activating group) is 1. The molecule has 0 spiro atoms. The molecule has 7 heteroatoms. The maximum Gasteiger partial charge on any atom is 0.359 e. The van der Waals surface area contributed by atoms with Crippen LogP contribution >= 0.6 is 0 Å². The molecular weight excluding hydrogens is 208 g/mol. The van der Waals surface area contributed by atoms with Crippen LogP contribution in [0.5, 0.6) is 0 Å². The lowest BCUT2D eigenvalue weighted by Crippen LogP contribution is -2.48. The molecule has 0 aromatic heterocycles. The summed E-state index contributed by atoms with van der Waals surface area (Å²) in [5.41, 5.74) is 0. The first-order valence-electron chi connectivity index (χ1n) is 4.28. The van der Waals surface area contributed by atoms with Crippen LogP contribution in [0.2, 0.25) is 0 Å². The third kappa shape index (κ3) is 4.54. The Bertz CT molecular complexity index is 288. The van der Waals surface area contributed by atoms with E-state index >= 15 is 0 Å². The largest absolute Gasteiger partial charge is 0.359 e. The summed E-state index contributed by atoms with van der Waals surface area (Å²) in [6.45, 7) is 3.69. The topological polar surface area (TPSA) is 95.5 Å². The van der Waals surface area contributed by atoms with Crippen molar-refractivity contribution in [3.05, 3.63) is 0 Å². The van der Waals surface area contributed by atoms with Crippen molar-refractivity contribution in [3.63, 3.8) is 0 Å². The second-order valence-electron chi connectivity index (χ2n) is 3.09. The zero-order valence-electron chi connectivity index (χ0n) is 8.44. The second-order valence-corrected chi connectivity index (χ2v) is 4.25. The number of amides is 1. The Morgan fingerprint density at radius 1 is 1.50 bits per heavy atom. The van der Waals surface area contributed by atoms with Gasteiger partial charge < -0.3 is 5.32 Å². The molecule has 0 unspecified atom stereocenters. The van der Waals surface area contributed by atoms with Gasteiger partial charge in [-0.2, -0.15) is 8.42 Å². The minimum Gasteiger partial charge on any atom is -0.309 e. The first kappa shape index (κ1) is 13.3. The van der Waals surface area contributed by atoms with E-state index in [0.29, 0.717) is 0 Å². The van der Waals surface area contributed by atoms with Gasteiger partial charge in [0.05, 0.1) is 6.04 Å². The van der Waals surface area contributed by atoms with Crippen molar-refractivity contribution in [3.8, 4) is 0 Å². The molecule has 0 radical (unpaired) electrons. The maximum atomic E-state index is 11.3. The van der Waals surface area contributed by atoms with E-state index in [1.165, 1.54) is 4.72 Å². The fraction of sp³-hybridized carbons (Fsp3) is 0.857. The van der Waals surface area contributed by atoms with Gasteiger partial charge in [0.2, 0.25) is 0 Å². The normalized spacial score (nSPS) is 16.0. The van der Waals surface area contributed by atoms with Gasteiger partial charge >= 0.3 is 10.3 Å². The summed E-state index contributed by atoms with van der Waals surface area (Å²) in [7, 11) is -2.90. The highest BCUT2D eigenvalue weighted by atomic mass is 32.2. The monoisotopic (exact) mass is 224 g/mol. The van der Waals surface area contributed by atoms with Crippen molar-refractivity contribution in [2.75, 3.05) is 7.05 Å². The van der Waals surface area contributed by atoms with Gasteiger partial charge in [-0.25, -0.2) is 4.72 Å². The molecular formula is C7H16N2O4S. The van der Waals surface area contributed by atoms with E-state index in [-0.39, 0.29) is 5.92 Å². The van der Waals surface area contributed by atoms with Crippen LogP contribution in [0, 0.1) is 5.92 Å². The van der Waals surface area contributed by atoms with Crippen molar-refractivity contribution in [2.45, 2.75) is 26.3 Å². The quantitative estimate of drug-likeness (QED) is 0.549. The van der Waals surface area contributed by atoms with Crippen LogP contribution in [0.1, 0.15) is 20.3 Å². The summed E-state index contributed by atoms with van der Waals surface area (Å²) < 4.78 is 30.6. The molecule has 0 fully saturated rings. The van der Waals surface area contributed by atoms with Crippen LogP contribution in [0.3, 0.4) is 0 Å². The highest BCUT2D eigenvalue weighted by molar-refractivity contribution is 7.84. The molecule has 84 valence electrons. The zero-order valence-corrected chi connectivity index (χ0v) is 9.26. The summed E-state index contributed by atoms with van der Waals surface area (Å²) in [6, 6.07) is -0.623. The van der Waals surface area contributed by atoms with E-state index in [1.54, 1.807) is 7.05 Å². The Kier molecular flexibility index (Phi) is 5.03. The number of nitrogens with one attached hydrogen (secondary N) is 2.